The van der Waals surface area contributed by atoms with Crippen LogP contribution in [-0.4, -0.2) is 19.8 Å². The number of benzene rings is 2. The second-order valence-corrected chi connectivity index (χ2v) is 5.44. The minimum Gasteiger partial charge on any atom is -0.491 e. The van der Waals surface area contributed by atoms with Crippen molar-refractivity contribution in [1.82, 2.24) is 0 Å². The van der Waals surface area contributed by atoms with Gasteiger partial charge in [0.2, 0.25) is 0 Å². The lowest BCUT2D eigenvalue weighted by molar-refractivity contribution is 0.266. The molecule has 24 heavy (non-hydrogen) atoms. The molecule has 130 valence electrons. The highest BCUT2D eigenvalue weighted by molar-refractivity contribution is 5.39. The van der Waals surface area contributed by atoms with E-state index in [1.807, 2.05) is 37.3 Å². The Morgan fingerprint density at radius 2 is 1.54 bits per heavy atom. The molecule has 2 aromatic rings. The monoisotopic (exact) mass is 332 g/mol. The second kappa shape index (κ2) is 9.81. The van der Waals surface area contributed by atoms with Crippen LogP contribution >= 0.6 is 0 Å². The van der Waals surface area contributed by atoms with E-state index in [1.165, 1.54) is 6.07 Å². The Morgan fingerprint density at radius 3 is 2.17 bits per heavy atom. The molecule has 3 nitrogen and oxygen atoms in total. The third kappa shape index (κ3) is 5.44. The van der Waals surface area contributed by atoms with Crippen molar-refractivity contribution in [2.24, 2.45) is 0 Å². The van der Waals surface area contributed by atoms with E-state index in [4.69, 9.17) is 14.2 Å². The number of unbranched alkanes of at least 4 members (excludes halogenated alkanes) is 1. The van der Waals surface area contributed by atoms with Gasteiger partial charge >= 0.3 is 0 Å². The number of hydrogen-bond acceptors (Lipinski definition) is 3. The van der Waals surface area contributed by atoms with E-state index < -0.39 is 0 Å². The van der Waals surface area contributed by atoms with Crippen LogP contribution in [0.15, 0.2) is 42.5 Å². The Kier molecular flexibility index (Phi) is 7.40. The fourth-order valence-corrected chi connectivity index (χ4v) is 2.27. The Hall–Kier alpha value is -2.23. The first kappa shape index (κ1) is 18.1. The van der Waals surface area contributed by atoms with Gasteiger partial charge in [0, 0.05) is 6.42 Å². The van der Waals surface area contributed by atoms with Crippen molar-refractivity contribution in [2.45, 2.75) is 33.1 Å². The third-order valence-corrected chi connectivity index (χ3v) is 3.55. The minimum atomic E-state index is -0.336. The Morgan fingerprint density at radius 1 is 0.833 bits per heavy atom. The number of halogens is 1. The fraction of sp³-hybridized carbons (Fsp3) is 0.400. The number of hydrogen-bond donors (Lipinski definition) is 0. The van der Waals surface area contributed by atoms with E-state index in [9.17, 15) is 4.39 Å². The standard InChI is InChI=1S/C20H25FO3/c1-3-5-13-23-19-8-6-7-9-20(19)24-14-12-16-10-11-18(22-4-2)17(21)15-16/h6-11,15H,3-5,12-14H2,1-2H3. The quantitative estimate of drug-likeness (QED) is 0.571. The fourth-order valence-electron chi connectivity index (χ4n) is 2.27. The van der Waals surface area contributed by atoms with Crippen LogP contribution in [0.5, 0.6) is 17.2 Å². The summed E-state index contributed by atoms with van der Waals surface area (Å²) in [6.45, 7) is 5.56. The molecule has 0 atom stereocenters. The SMILES string of the molecule is CCCCOc1ccccc1OCCc1ccc(OCC)c(F)c1. The van der Waals surface area contributed by atoms with E-state index in [2.05, 4.69) is 6.92 Å². The van der Waals surface area contributed by atoms with Crippen LogP contribution in [0, 0.1) is 5.82 Å². The minimum absolute atomic E-state index is 0.289. The number of ether oxygens (including phenoxy) is 3. The molecule has 2 aromatic carbocycles. The topological polar surface area (TPSA) is 27.7 Å². The van der Waals surface area contributed by atoms with Crippen LogP contribution in [-0.2, 0) is 6.42 Å². The maximum absolute atomic E-state index is 13.8. The molecule has 0 aromatic heterocycles. The molecule has 0 unspecified atom stereocenters. The second-order valence-electron chi connectivity index (χ2n) is 5.44. The van der Waals surface area contributed by atoms with Gasteiger partial charge in [-0.3, -0.25) is 0 Å². The van der Waals surface area contributed by atoms with Gasteiger partial charge < -0.3 is 14.2 Å². The maximum Gasteiger partial charge on any atom is 0.165 e. The molecule has 0 bridgehead atoms. The summed E-state index contributed by atoms with van der Waals surface area (Å²) in [5.41, 5.74) is 0.875. The molecule has 2 rings (SSSR count). The molecule has 0 saturated heterocycles. The predicted octanol–water partition coefficient (Wildman–Crippen LogP) is 5.02. The van der Waals surface area contributed by atoms with Crippen molar-refractivity contribution in [2.75, 3.05) is 19.8 Å². The van der Waals surface area contributed by atoms with Crippen molar-refractivity contribution in [3.05, 3.63) is 53.8 Å². The highest BCUT2D eigenvalue weighted by atomic mass is 19.1. The smallest absolute Gasteiger partial charge is 0.165 e. The molecule has 0 aliphatic carbocycles. The summed E-state index contributed by atoms with van der Waals surface area (Å²) in [6, 6.07) is 12.7. The average Bonchev–Trinajstić information content (AvgIpc) is 2.59. The van der Waals surface area contributed by atoms with Gasteiger partial charge in [-0.05, 0) is 43.2 Å². The van der Waals surface area contributed by atoms with Gasteiger partial charge in [-0.1, -0.05) is 31.5 Å². The molecular formula is C20H25FO3. The highest BCUT2D eigenvalue weighted by Gasteiger charge is 2.06. The molecule has 4 heteroatoms. The first-order valence-corrected chi connectivity index (χ1v) is 8.50. The third-order valence-electron chi connectivity index (χ3n) is 3.55. The zero-order chi connectivity index (χ0) is 17.2. The lowest BCUT2D eigenvalue weighted by atomic mass is 10.1. The Balaban J connectivity index is 1.89. The van der Waals surface area contributed by atoms with E-state index in [0.29, 0.717) is 26.2 Å². The van der Waals surface area contributed by atoms with Crippen molar-refractivity contribution in [1.29, 1.82) is 0 Å². The Bertz CT molecular complexity index is 628. The molecule has 0 aliphatic heterocycles. The summed E-state index contributed by atoms with van der Waals surface area (Å²) in [6.07, 6.45) is 2.72. The van der Waals surface area contributed by atoms with Crippen LogP contribution in [0.4, 0.5) is 4.39 Å². The van der Waals surface area contributed by atoms with Crippen molar-refractivity contribution in [3.8, 4) is 17.2 Å². The van der Waals surface area contributed by atoms with Gasteiger partial charge in [-0.25, -0.2) is 4.39 Å². The zero-order valence-corrected chi connectivity index (χ0v) is 14.4. The molecule has 0 spiro atoms. The summed E-state index contributed by atoms with van der Waals surface area (Å²) in [5.74, 6) is 1.43. The molecule has 0 saturated carbocycles. The van der Waals surface area contributed by atoms with Crippen molar-refractivity contribution >= 4 is 0 Å². The summed E-state index contributed by atoms with van der Waals surface area (Å²) < 4.78 is 30.6. The van der Waals surface area contributed by atoms with Crippen LogP contribution in [0.2, 0.25) is 0 Å². The van der Waals surface area contributed by atoms with Gasteiger partial charge in [-0.2, -0.15) is 0 Å². The summed E-state index contributed by atoms with van der Waals surface area (Å²) in [4.78, 5) is 0. The van der Waals surface area contributed by atoms with Crippen LogP contribution in [0.1, 0.15) is 32.3 Å². The zero-order valence-electron chi connectivity index (χ0n) is 14.4. The molecule has 0 aliphatic rings. The van der Waals surface area contributed by atoms with Gasteiger partial charge in [-0.15, -0.1) is 0 Å². The van der Waals surface area contributed by atoms with Crippen molar-refractivity contribution < 1.29 is 18.6 Å². The lowest BCUT2D eigenvalue weighted by Crippen LogP contribution is -2.05. The molecular weight excluding hydrogens is 307 g/mol. The molecule has 0 fully saturated rings. The van der Waals surface area contributed by atoms with Gasteiger partial charge in [0.15, 0.2) is 23.1 Å². The van der Waals surface area contributed by atoms with E-state index in [0.717, 1.165) is 29.9 Å². The summed E-state index contributed by atoms with van der Waals surface area (Å²) >= 11 is 0. The van der Waals surface area contributed by atoms with E-state index >= 15 is 0 Å². The van der Waals surface area contributed by atoms with Gasteiger partial charge in [0.25, 0.3) is 0 Å². The normalized spacial score (nSPS) is 10.5. The van der Waals surface area contributed by atoms with Crippen LogP contribution in [0.3, 0.4) is 0 Å². The van der Waals surface area contributed by atoms with Crippen LogP contribution in [0.25, 0.3) is 0 Å². The first-order chi connectivity index (χ1) is 11.7. The lowest BCUT2D eigenvalue weighted by Gasteiger charge is -2.12. The van der Waals surface area contributed by atoms with Crippen LogP contribution < -0.4 is 14.2 Å². The largest absolute Gasteiger partial charge is 0.491 e. The number of para-hydroxylation sites is 2. The molecule has 0 heterocycles. The predicted molar refractivity (Wildman–Crippen MR) is 93.6 cm³/mol. The van der Waals surface area contributed by atoms with Gasteiger partial charge in [0.1, 0.15) is 0 Å². The summed E-state index contributed by atoms with van der Waals surface area (Å²) in [5, 5.41) is 0. The highest BCUT2D eigenvalue weighted by Crippen LogP contribution is 2.27. The van der Waals surface area contributed by atoms with Gasteiger partial charge in [0.05, 0.1) is 19.8 Å². The first-order valence-electron chi connectivity index (χ1n) is 8.50. The van der Waals surface area contributed by atoms with Crippen molar-refractivity contribution in [3.63, 3.8) is 0 Å². The van der Waals surface area contributed by atoms with E-state index in [1.54, 1.807) is 6.07 Å². The average molecular weight is 332 g/mol. The molecule has 0 amide bonds. The Labute approximate surface area is 143 Å². The molecule has 0 N–H and O–H groups in total. The summed E-state index contributed by atoms with van der Waals surface area (Å²) in [7, 11) is 0. The van der Waals surface area contributed by atoms with E-state index in [-0.39, 0.29) is 11.6 Å². The maximum atomic E-state index is 13.8. The number of rotatable bonds is 10. The molecule has 0 radical (unpaired) electrons.